The molecule has 1 fully saturated rings. The second-order valence-electron chi connectivity index (χ2n) is 7.97. The van der Waals surface area contributed by atoms with Crippen molar-refractivity contribution in [3.05, 3.63) is 66.2 Å². The van der Waals surface area contributed by atoms with E-state index in [9.17, 15) is 4.79 Å². The first-order chi connectivity index (χ1) is 15.7. The molecular formula is C25H21N3O4. The molecule has 0 saturated carbocycles. The van der Waals surface area contributed by atoms with Gasteiger partial charge in [-0.25, -0.2) is 9.79 Å². The molecule has 2 aliphatic heterocycles. The van der Waals surface area contributed by atoms with Gasteiger partial charge in [0.05, 0.1) is 18.5 Å². The van der Waals surface area contributed by atoms with Gasteiger partial charge in [0.2, 0.25) is 0 Å². The maximum atomic E-state index is 12.8. The van der Waals surface area contributed by atoms with E-state index in [1.807, 2.05) is 48.5 Å². The molecule has 1 N–H and O–H groups in total. The number of para-hydroxylation sites is 2. The topological polar surface area (TPSA) is 76.3 Å². The first-order valence-corrected chi connectivity index (χ1v) is 10.6. The molecule has 0 radical (unpaired) electrons. The van der Waals surface area contributed by atoms with Gasteiger partial charge in [0.25, 0.3) is 0 Å². The zero-order chi connectivity index (χ0) is 21.7. The molecule has 1 saturated heterocycles. The summed E-state index contributed by atoms with van der Waals surface area (Å²) in [6.45, 7) is 1.59. The molecule has 32 heavy (non-hydrogen) atoms. The van der Waals surface area contributed by atoms with Crippen LogP contribution < -0.4 is 10.1 Å². The normalized spacial score (nSPS) is 17.1. The largest absolute Gasteiger partial charge is 0.495 e. The van der Waals surface area contributed by atoms with Gasteiger partial charge in [-0.1, -0.05) is 36.4 Å². The highest BCUT2D eigenvalue weighted by molar-refractivity contribution is 6.07. The number of rotatable bonds is 3. The fraction of sp³-hybridized carbons (Fsp3) is 0.200. The van der Waals surface area contributed by atoms with Crippen LogP contribution >= 0.6 is 0 Å². The van der Waals surface area contributed by atoms with E-state index in [1.165, 1.54) is 5.56 Å². The summed E-state index contributed by atoms with van der Waals surface area (Å²) in [6.07, 6.45) is -0.226. The number of hydrogen-bond acceptors (Lipinski definition) is 6. The number of benzene rings is 3. The second-order valence-corrected chi connectivity index (χ2v) is 7.97. The number of furan rings is 1. The molecule has 7 nitrogen and oxygen atoms in total. The lowest BCUT2D eigenvalue weighted by Crippen LogP contribution is -2.34. The second kappa shape index (κ2) is 7.30. The van der Waals surface area contributed by atoms with Gasteiger partial charge in [0.15, 0.2) is 6.10 Å². The number of anilines is 1. The molecular weight excluding hydrogens is 406 g/mol. The van der Waals surface area contributed by atoms with Crippen LogP contribution in [0.5, 0.6) is 5.75 Å². The fourth-order valence-corrected chi connectivity index (χ4v) is 4.50. The molecule has 0 unspecified atom stereocenters. The Morgan fingerprint density at radius 2 is 1.94 bits per heavy atom. The van der Waals surface area contributed by atoms with Crippen LogP contribution in [0.1, 0.15) is 12.0 Å². The van der Waals surface area contributed by atoms with E-state index in [1.54, 1.807) is 13.2 Å². The molecule has 0 aliphatic carbocycles. The number of nitrogens with one attached hydrogen (secondary N) is 1. The predicted octanol–water partition coefficient (Wildman–Crippen LogP) is 5.46. The summed E-state index contributed by atoms with van der Waals surface area (Å²) < 4.78 is 17.2. The first-order valence-electron chi connectivity index (χ1n) is 10.6. The highest BCUT2D eigenvalue weighted by Gasteiger charge is 2.35. The highest BCUT2D eigenvalue weighted by atomic mass is 16.6. The zero-order valence-corrected chi connectivity index (χ0v) is 17.5. The van der Waals surface area contributed by atoms with Gasteiger partial charge >= 0.3 is 6.09 Å². The molecule has 1 aromatic heterocycles. The van der Waals surface area contributed by atoms with Gasteiger partial charge in [-0.15, -0.1) is 0 Å². The highest BCUT2D eigenvalue weighted by Crippen LogP contribution is 2.37. The number of aliphatic imine (C=N–C) groups is 1. The van der Waals surface area contributed by atoms with E-state index in [0.717, 1.165) is 41.0 Å². The molecule has 1 amide bonds. The molecule has 7 heteroatoms. The Kier molecular flexibility index (Phi) is 4.28. The molecule has 3 aromatic carbocycles. The number of ether oxygens (including phenoxy) is 2. The Balaban J connectivity index is 1.25. The van der Waals surface area contributed by atoms with Crippen LogP contribution in [0.3, 0.4) is 0 Å². The first kappa shape index (κ1) is 18.7. The molecule has 3 heterocycles. The van der Waals surface area contributed by atoms with Crippen molar-refractivity contribution < 1.29 is 18.7 Å². The van der Waals surface area contributed by atoms with Crippen molar-refractivity contribution in [3.8, 4) is 5.75 Å². The number of methoxy groups -OCH3 is 1. The summed E-state index contributed by atoms with van der Waals surface area (Å²) in [5, 5.41) is 4.75. The Labute approximate surface area is 184 Å². The monoisotopic (exact) mass is 427 g/mol. The van der Waals surface area contributed by atoms with Crippen LogP contribution in [0, 0.1) is 0 Å². The lowest BCUT2D eigenvalue weighted by molar-refractivity contribution is 0.143. The summed E-state index contributed by atoms with van der Waals surface area (Å²) >= 11 is 0. The number of hydrogen-bond donors (Lipinski definition) is 1. The summed E-state index contributed by atoms with van der Waals surface area (Å²) in [7, 11) is 1.57. The van der Waals surface area contributed by atoms with E-state index >= 15 is 0 Å². The van der Waals surface area contributed by atoms with Gasteiger partial charge in [0, 0.05) is 36.3 Å². The summed E-state index contributed by atoms with van der Waals surface area (Å²) in [6, 6.07) is 19.5. The average molecular weight is 427 g/mol. The van der Waals surface area contributed by atoms with Crippen LogP contribution in [0.2, 0.25) is 0 Å². The summed E-state index contributed by atoms with van der Waals surface area (Å²) in [5.41, 5.74) is 4.07. The van der Waals surface area contributed by atoms with Crippen LogP contribution in [0.25, 0.3) is 21.9 Å². The minimum atomic E-state index is -0.549. The Morgan fingerprint density at radius 3 is 2.84 bits per heavy atom. The number of amidine groups is 1. The molecule has 160 valence electrons. The quantitative estimate of drug-likeness (QED) is 0.470. The number of carbonyl (C=O) groups excluding carboxylic acids is 1. The van der Waals surface area contributed by atoms with Crippen LogP contribution in [-0.2, 0) is 11.3 Å². The van der Waals surface area contributed by atoms with E-state index < -0.39 is 6.09 Å². The van der Waals surface area contributed by atoms with Gasteiger partial charge in [0.1, 0.15) is 22.8 Å². The van der Waals surface area contributed by atoms with Crippen LogP contribution in [0.15, 0.2) is 70.1 Å². The lowest BCUT2D eigenvalue weighted by atomic mass is 10.1. The minimum Gasteiger partial charge on any atom is -0.495 e. The zero-order valence-electron chi connectivity index (χ0n) is 17.5. The molecule has 4 aromatic rings. The third-order valence-electron chi connectivity index (χ3n) is 6.05. The third-order valence-corrected chi connectivity index (χ3v) is 6.05. The number of carbonyl (C=O) groups is 1. The van der Waals surface area contributed by atoms with Crippen LogP contribution in [0.4, 0.5) is 16.2 Å². The lowest BCUT2D eigenvalue weighted by Gasteiger charge is -2.26. The SMILES string of the molecule is COc1cc2c(cc1NC(=O)O[C@H]1CCN3Cc4ccccc4N=C13)oc1ccccc12. The molecule has 1 atom stereocenters. The number of nitrogens with zero attached hydrogens (tertiary/aromatic N) is 2. The smallest absolute Gasteiger partial charge is 0.412 e. The van der Waals surface area contributed by atoms with Crippen molar-refractivity contribution >= 4 is 45.2 Å². The fourth-order valence-electron chi connectivity index (χ4n) is 4.50. The van der Waals surface area contributed by atoms with E-state index in [0.29, 0.717) is 23.4 Å². The van der Waals surface area contributed by atoms with E-state index in [2.05, 4.69) is 16.3 Å². The van der Waals surface area contributed by atoms with E-state index in [-0.39, 0.29) is 6.10 Å². The van der Waals surface area contributed by atoms with Crippen molar-refractivity contribution in [2.45, 2.75) is 19.1 Å². The van der Waals surface area contributed by atoms with Crippen molar-refractivity contribution in [1.82, 2.24) is 4.90 Å². The maximum absolute atomic E-state index is 12.8. The van der Waals surface area contributed by atoms with Gasteiger partial charge in [-0.2, -0.15) is 0 Å². The maximum Gasteiger partial charge on any atom is 0.412 e. The average Bonchev–Trinajstić information content (AvgIpc) is 3.37. The number of fused-ring (bicyclic) bond motifs is 5. The number of amides is 1. The Hall–Kier alpha value is -4.00. The molecule has 0 bridgehead atoms. The van der Waals surface area contributed by atoms with Crippen molar-refractivity contribution in [2.24, 2.45) is 4.99 Å². The summed E-state index contributed by atoms with van der Waals surface area (Å²) in [5.74, 6) is 1.34. The van der Waals surface area contributed by atoms with Gasteiger partial charge in [-0.05, 0) is 23.8 Å². The Morgan fingerprint density at radius 1 is 1.09 bits per heavy atom. The molecule has 2 aliphatic rings. The predicted molar refractivity (Wildman–Crippen MR) is 123 cm³/mol. The van der Waals surface area contributed by atoms with Crippen molar-refractivity contribution in [3.63, 3.8) is 0 Å². The van der Waals surface area contributed by atoms with Crippen molar-refractivity contribution in [1.29, 1.82) is 0 Å². The van der Waals surface area contributed by atoms with Gasteiger partial charge in [-0.3, -0.25) is 5.32 Å². The van der Waals surface area contributed by atoms with E-state index in [4.69, 9.17) is 18.9 Å². The van der Waals surface area contributed by atoms with Crippen molar-refractivity contribution in [2.75, 3.05) is 19.0 Å². The summed E-state index contributed by atoms with van der Waals surface area (Å²) in [4.78, 5) is 19.7. The van der Waals surface area contributed by atoms with Crippen LogP contribution in [-0.4, -0.2) is 36.6 Å². The third kappa shape index (κ3) is 3.05. The molecule has 6 rings (SSSR count). The molecule has 0 spiro atoms. The standard InChI is InChI=1S/C25H21N3O4/c1-30-23-12-17-16-7-3-5-9-20(16)31-22(17)13-19(23)27-25(29)32-21-10-11-28-14-15-6-2-4-8-18(15)26-24(21)28/h2-9,12-13,21H,10-11,14H2,1H3,(H,27,29)/t21-/m0/s1. The minimum absolute atomic E-state index is 0.385. The van der Waals surface area contributed by atoms with Gasteiger partial charge < -0.3 is 18.8 Å². The Bertz CT molecular complexity index is 1390.